The third-order valence-corrected chi connectivity index (χ3v) is 4.33. The summed E-state index contributed by atoms with van der Waals surface area (Å²) in [7, 11) is 0. The minimum atomic E-state index is -0.116. The predicted molar refractivity (Wildman–Crippen MR) is 90.5 cm³/mol. The van der Waals surface area contributed by atoms with Gasteiger partial charge in [0.2, 0.25) is 11.9 Å². The highest BCUT2D eigenvalue weighted by atomic mass is 16.2. The normalized spacial score (nSPS) is 15.1. The predicted octanol–water partition coefficient (Wildman–Crippen LogP) is 2.28. The maximum atomic E-state index is 12.6. The molecule has 2 amide bonds. The zero-order chi connectivity index (χ0) is 16.9. The van der Waals surface area contributed by atoms with Crippen LogP contribution in [0.15, 0.2) is 42.7 Å². The van der Waals surface area contributed by atoms with Gasteiger partial charge in [0, 0.05) is 37.0 Å². The largest absolute Gasteiger partial charge is 0.339 e. The minimum Gasteiger partial charge on any atom is -0.339 e. The van der Waals surface area contributed by atoms with Gasteiger partial charge in [-0.3, -0.25) is 14.9 Å². The molecule has 24 heavy (non-hydrogen) atoms. The molecule has 1 fully saturated rings. The molecule has 124 valence electrons. The lowest BCUT2D eigenvalue weighted by Gasteiger charge is -2.31. The first-order valence-corrected chi connectivity index (χ1v) is 8.08. The average Bonchev–Trinajstić information content (AvgIpc) is 2.62. The Balaban J connectivity index is 1.57. The van der Waals surface area contributed by atoms with Crippen molar-refractivity contribution in [2.45, 2.75) is 19.8 Å². The third kappa shape index (κ3) is 3.59. The van der Waals surface area contributed by atoms with Gasteiger partial charge in [0.15, 0.2) is 0 Å². The number of amides is 2. The van der Waals surface area contributed by atoms with Crippen LogP contribution in [-0.4, -0.2) is 39.8 Å². The number of likely N-dealkylation sites (tertiary alicyclic amines) is 1. The SMILES string of the molecule is Cc1ccccc1C(=O)N1CCC(C(=O)Nc2ncccn2)CC1. The van der Waals surface area contributed by atoms with Crippen molar-refractivity contribution in [2.75, 3.05) is 18.4 Å². The number of nitrogens with one attached hydrogen (secondary N) is 1. The molecule has 0 unspecified atom stereocenters. The first-order valence-electron chi connectivity index (χ1n) is 8.08. The summed E-state index contributed by atoms with van der Waals surface area (Å²) in [6, 6.07) is 9.29. The van der Waals surface area contributed by atoms with Crippen molar-refractivity contribution < 1.29 is 9.59 Å². The Labute approximate surface area is 140 Å². The van der Waals surface area contributed by atoms with Crippen molar-refractivity contribution in [1.29, 1.82) is 0 Å². The van der Waals surface area contributed by atoms with E-state index in [1.54, 1.807) is 18.5 Å². The number of carbonyl (C=O) groups excluding carboxylic acids is 2. The van der Waals surface area contributed by atoms with E-state index in [0.717, 1.165) is 11.1 Å². The average molecular weight is 324 g/mol. The van der Waals surface area contributed by atoms with Gasteiger partial charge < -0.3 is 4.90 Å². The molecular formula is C18H20N4O2. The van der Waals surface area contributed by atoms with E-state index in [2.05, 4.69) is 15.3 Å². The second-order valence-electron chi connectivity index (χ2n) is 5.94. The molecule has 0 aliphatic carbocycles. The summed E-state index contributed by atoms with van der Waals surface area (Å²) in [5.41, 5.74) is 1.71. The Morgan fingerprint density at radius 2 is 1.75 bits per heavy atom. The van der Waals surface area contributed by atoms with Gasteiger partial charge >= 0.3 is 0 Å². The summed E-state index contributed by atoms with van der Waals surface area (Å²) < 4.78 is 0. The molecule has 6 heteroatoms. The molecule has 6 nitrogen and oxygen atoms in total. The van der Waals surface area contributed by atoms with Crippen molar-refractivity contribution in [3.05, 3.63) is 53.9 Å². The Morgan fingerprint density at radius 1 is 1.08 bits per heavy atom. The van der Waals surface area contributed by atoms with Gasteiger partial charge in [0.05, 0.1) is 0 Å². The molecule has 2 heterocycles. The van der Waals surface area contributed by atoms with Crippen LogP contribution in [-0.2, 0) is 4.79 Å². The number of aryl methyl sites for hydroxylation is 1. The standard InChI is InChI=1S/C18H20N4O2/c1-13-5-2-3-6-15(13)17(24)22-11-7-14(8-12-22)16(23)21-18-19-9-4-10-20-18/h2-6,9-10,14H,7-8,11-12H2,1H3,(H,19,20,21,23). The van der Waals surface area contributed by atoms with Crippen LogP contribution in [0.5, 0.6) is 0 Å². The number of piperidine rings is 1. The molecule has 0 bridgehead atoms. The van der Waals surface area contributed by atoms with Crippen molar-refractivity contribution in [1.82, 2.24) is 14.9 Å². The van der Waals surface area contributed by atoms with E-state index >= 15 is 0 Å². The van der Waals surface area contributed by atoms with Crippen LogP contribution < -0.4 is 5.32 Å². The zero-order valence-corrected chi connectivity index (χ0v) is 13.6. The van der Waals surface area contributed by atoms with Gasteiger partial charge in [-0.25, -0.2) is 9.97 Å². The van der Waals surface area contributed by atoms with Crippen LogP contribution in [0.4, 0.5) is 5.95 Å². The molecule has 0 radical (unpaired) electrons. The fourth-order valence-corrected chi connectivity index (χ4v) is 2.90. The van der Waals surface area contributed by atoms with E-state index < -0.39 is 0 Å². The number of hydrogen-bond donors (Lipinski definition) is 1. The third-order valence-electron chi connectivity index (χ3n) is 4.33. The highest BCUT2D eigenvalue weighted by Crippen LogP contribution is 2.21. The molecule has 1 aliphatic heterocycles. The highest BCUT2D eigenvalue weighted by Gasteiger charge is 2.28. The monoisotopic (exact) mass is 324 g/mol. The fraction of sp³-hybridized carbons (Fsp3) is 0.333. The Morgan fingerprint density at radius 3 is 2.42 bits per heavy atom. The molecule has 1 aromatic heterocycles. The van der Waals surface area contributed by atoms with Gasteiger partial charge in [0.25, 0.3) is 5.91 Å². The lowest BCUT2D eigenvalue weighted by Crippen LogP contribution is -2.41. The number of carbonyl (C=O) groups is 2. The molecular weight excluding hydrogens is 304 g/mol. The van der Waals surface area contributed by atoms with Crippen LogP contribution in [0.25, 0.3) is 0 Å². The molecule has 0 atom stereocenters. The van der Waals surface area contributed by atoms with E-state index in [1.165, 1.54) is 0 Å². The van der Waals surface area contributed by atoms with E-state index in [1.807, 2.05) is 36.1 Å². The number of hydrogen-bond acceptors (Lipinski definition) is 4. The summed E-state index contributed by atoms with van der Waals surface area (Å²) in [5, 5.41) is 2.73. The lowest BCUT2D eigenvalue weighted by atomic mass is 9.95. The second kappa shape index (κ2) is 7.21. The lowest BCUT2D eigenvalue weighted by molar-refractivity contribution is -0.121. The maximum absolute atomic E-state index is 12.6. The van der Waals surface area contributed by atoms with Crippen LogP contribution in [0, 0.1) is 12.8 Å². The van der Waals surface area contributed by atoms with E-state index in [9.17, 15) is 9.59 Å². The van der Waals surface area contributed by atoms with Crippen LogP contribution >= 0.6 is 0 Å². The summed E-state index contributed by atoms with van der Waals surface area (Å²) in [4.78, 5) is 34.7. The zero-order valence-electron chi connectivity index (χ0n) is 13.6. The van der Waals surface area contributed by atoms with Crippen LogP contribution in [0.2, 0.25) is 0 Å². The Bertz CT molecular complexity index is 725. The number of anilines is 1. The van der Waals surface area contributed by atoms with Gasteiger partial charge in [-0.05, 0) is 37.5 Å². The summed E-state index contributed by atoms with van der Waals surface area (Å²) >= 11 is 0. The smallest absolute Gasteiger partial charge is 0.254 e. The Hall–Kier alpha value is -2.76. The van der Waals surface area contributed by atoms with Crippen molar-refractivity contribution >= 4 is 17.8 Å². The second-order valence-corrected chi connectivity index (χ2v) is 5.94. The van der Waals surface area contributed by atoms with Crippen LogP contribution in [0.1, 0.15) is 28.8 Å². The van der Waals surface area contributed by atoms with E-state index in [-0.39, 0.29) is 17.7 Å². The highest BCUT2D eigenvalue weighted by molar-refractivity contribution is 5.96. The molecule has 3 rings (SSSR count). The van der Waals surface area contributed by atoms with Gasteiger partial charge in [-0.2, -0.15) is 0 Å². The molecule has 1 aliphatic rings. The van der Waals surface area contributed by atoms with E-state index in [0.29, 0.717) is 31.9 Å². The first-order chi connectivity index (χ1) is 11.6. The summed E-state index contributed by atoms with van der Waals surface area (Å²) in [5.74, 6) is 0.165. The van der Waals surface area contributed by atoms with Crippen LogP contribution in [0.3, 0.4) is 0 Å². The maximum Gasteiger partial charge on any atom is 0.254 e. The molecule has 2 aromatic rings. The molecule has 1 N–H and O–H groups in total. The number of aromatic nitrogens is 2. The van der Waals surface area contributed by atoms with Crippen molar-refractivity contribution in [3.63, 3.8) is 0 Å². The minimum absolute atomic E-state index is 0.0401. The van der Waals surface area contributed by atoms with Gasteiger partial charge in [-0.15, -0.1) is 0 Å². The number of rotatable bonds is 3. The van der Waals surface area contributed by atoms with E-state index in [4.69, 9.17) is 0 Å². The fourth-order valence-electron chi connectivity index (χ4n) is 2.90. The topological polar surface area (TPSA) is 75.2 Å². The summed E-state index contributed by atoms with van der Waals surface area (Å²) in [6.45, 7) is 3.11. The number of nitrogens with zero attached hydrogens (tertiary/aromatic N) is 3. The molecule has 0 saturated carbocycles. The van der Waals surface area contributed by atoms with Gasteiger partial charge in [0.1, 0.15) is 0 Å². The first kappa shape index (κ1) is 16.1. The molecule has 0 spiro atoms. The molecule has 1 aromatic carbocycles. The molecule has 1 saturated heterocycles. The van der Waals surface area contributed by atoms with Gasteiger partial charge in [-0.1, -0.05) is 18.2 Å². The quantitative estimate of drug-likeness (QED) is 0.940. The van der Waals surface area contributed by atoms with Crippen molar-refractivity contribution in [2.24, 2.45) is 5.92 Å². The number of benzene rings is 1. The van der Waals surface area contributed by atoms with Crippen molar-refractivity contribution in [3.8, 4) is 0 Å². The summed E-state index contributed by atoms with van der Waals surface area (Å²) in [6.07, 6.45) is 4.48. The Kier molecular flexibility index (Phi) is 4.84.